The lowest BCUT2D eigenvalue weighted by molar-refractivity contribution is 0.101. The third-order valence-corrected chi connectivity index (χ3v) is 4.89. The molecule has 4 nitrogen and oxygen atoms in total. The number of anilines is 1. The van der Waals surface area contributed by atoms with Gasteiger partial charge in [0.15, 0.2) is 12.2 Å². The Bertz CT molecular complexity index is 1070. The normalized spacial score (nSPS) is 10.7. The summed E-state index contributed by atoms with van der Waals surface area (Å²) >= 11 is 1.53. The van der Waals surface area contributed by atoms with E-state index in [1.165, 1.54) is 23.8 Å². The summed E-state index contributed by atoms with van der Waals surface area (Å²) in [7, 11) is 0. The van der Waals surface area contributed by atoms with Crippen molar-refractivity contribution in [2.45, 2.75) is 0 Å². The molecule has 0 saturated carbocycles. The van der Waals surface area contributed by atoms with Gasteiger partial charge in [0, 0.05) is 5.69 Å². The van der Waals surface area contributed by atoms with E-state index in [-0.39, 0.29) is 0 Å². The second-order valence-corrected chi connectivity index (χ2v) is 6.60. The van der Waals surface area contributed by atoms with Gasteiger partial charge in [0.1, 0.15) is 17.2 Å². The second kappa shape index (κ2) is 7.13. The van der Waals surface area contributed by atoms with Gasteiger partial charge in [0.25, 0.3) is 5.91 Å². The number of nitrogens with zero attached hydrogens (tertiary/aromatic N) is 1. The van der Waals surface area contributed by atoms with Gasteiger partial charge in [-0.3, -0.25) is 4.79 Å². The van der Waals surface area contributed by atoms with E-state index in [4.69, 9.17) is 4.42 Å². The molecule has 0 unspecified atom stereocenters. The van der Waals surface area contributed by atoms with Crippen LogP contribution >= 0.6 is 11.3 Å². The average molecular weight is 382 g/mol. The van der Waals surface area contributed by atoms with Crippen LogP contribution < -0.4 is 5.32 Å². The summed E-state index contributed by atoms with van der Waals surface area (Å²) in [5, 5.41) is 4.49. The second-order valence-electron chi connectivity index (χ2n) is 5.69. The lowest BCUT2D eigenvalue weighted by atomic mass is 10.1. The molecule has 2 aromatic carbocycles. The zero-order chi connectivity index (χ0) is 18.8. The first-order chi connectivity index (χ1) is 13.1. The molecule has 0 saturated heterocycles. The van der Waals surface area contributed by atoms with Crippen LogP contribution in [0.15, 0.2) is 70.9 Å². The predicted octanol–water partition coefficient (Wildman–Crippen LogP) is 5.60. The van der Waals surface area contributed by atoms with Gasteiger partial charge in [0.05, 0.1) is 11.1 Å². The first-order valence-corrected chi connectivity index (χ1v) is 8.83. The van der Waals surface area contributed by atoms with E-state index in [1.807, 2.05) is 23.6 Å². The molecule has 0 aliphatic heterocycles. The molecule has 2 heterocycles. The van der Waals surface area contributed by atoms with Gasteiger partial charge in [0.2, 0.25) is 0 Å². The van der Waals surface area contributed by atoms with E-state index in [0.717, 1.165) is 28.1 Å². The summed E-state index contributed by atoms with van der Waals surface area (Å²) in [5.41, 5.74) is 1.77. The first kappa shape index (κ1) is 17.1. The van der Waals surface area contributed by atoms with Crippen molar-refractivity contribution in [3.05, 3.63) is 83.7 Å². The molecule has 0 aliphatic carbocycles. The number of hydrogen-bond acceptors (Lipinski definition) is 4. The largest absolute Gasteiger partial charge is 0.443 e. The van der Waals surface area contributed by atoms with Crippen LogP contribution in [-0.2, 0) is 0 Å². The highest BCUT2D eigenvalue weighted by molar-refractivity contribution is 7.13. The Morgan fingerprint density at radius 3 is 2.44 bits per heavy atom. The summed E-state index contributed by atoms with van der Waals surface area (Å²) in [4.78, 5) is 17.0. The van der Waals surface area contributed by atoms with Crippen LogP contribution in [0, 0.1) is 11.6 Å². The molecule has 0 bridgehead atoms. The van der Waals surface area contributed by atoms with E-state index in [2.05, 4.69) is 10.3 Å². The fourth-order valence-electron chi connectivity index (χ4n) is 2.61. The number of rotatable bonds is 4. The van der Waals surface area contributed by atoms with Gasteiger partial charge in [-0.15, -0.1) is 11.3 Å². The van der Waals surface area contributed by atoms with Crippen LogP contribution in [0.1, 0.15) is 10.4 Å². The van der Waals surface area contributed by atoms with E-state index >= 15 is 0 Å². The number of hydrogen-bond donors (Lipinski definition) is 1. The predicted molar refractivity (Wildman–Crippen MR) is 99.6 cm³/mol. The molecular formula is C20H12F2N2O2S. The zero-order valence-corrected chi connectivity index (χ0v) is 14.6. The number of aromatic nitrogens is 1. The highest BCUT2D eigenvalue weighted by atomic mass is 32.1. The van der Waals surface area contributed by atoms with Gasteiger partial charge >= 0.3 is 0 Å². The Morgan fingerprint density at radius 1 is 1.04 bits per heavy atom. The van der Waals surface area contributed by atoms with Crippen molar-refractivity contribution < 1.29 is 18.0 Å². The third-order valence-electron chi connectivity index (χ3n) is 3.94. The average Bonchev–Trinajstić information content (AvgIpc) is 3.34. The van der Waals surface area contributed by atoms with Gasteiger partial charge in [-0.05, 0) is 46.8 Å². The summed E-state index contributed by atoms with van der Waals surface area (Å²) in [6, 6.07) is 12.3. The molecule has 0 aliphatic rings. The van der Waals surface area contributed by atoms with E-state index in [0.29, 0.717) is 11.4 Å². The molecule has 1 amide bonds. The Labute approximate surface area is 157 Å². The minimum Gasteiger partial charge on any atom is -0.443 e. The molecular weight excluding hydrogens is 370 g/mol. The minimum atomic E-state index is -0.901. The maximum Gasteiger partial charge on any atom is 0.261 e. The number of benzene rings is 2. The van der Waals surface area contributed by atoms with Crippen LogP contribution in [-0.4, -0.2) is 10.9 Å². The van der Waals surface area contributed by atoms with Crippen molar-refractivity contribution >= 4 is 22.9 Å². The summed E-state index contributed by atoms with van der Waals surface area (Å²) in [5.74, 6) is -1.94. The standard InChI is InChI=1S/C20H12F2N2O2S/c21-15-2-1-3-16(22)19(15)20(25)24-14-6-4-12(5-7-14)13-8-18(27-10-13)17-9-23-11-26-17/h1-11H,(H,24,25). The van der Waals surface area contributed by atoms with Gasteiger partial charge in [-0.2, -0.15) is 0 Å². The van der Waals surface area contributed by atoms with Gasteiger partial charge in [-0.1, -0.05) is 18.2 Å². The summed E-state index contributed by atoms with van der Waals surface area (Å²) < 4.78 is 32.7. The van der Waals surface area contributed by atoms with Crippen LogP contribution in [0.5, 0.6) is 0 Å². The fraction of sp³-hybridized carbons (Fsp3) is 0. The number of thiophene rings is 1. The van der Waals surface area contributed by atoms with E-state index in [9.17, 15) is 13.6 Å². The Morgan fingerprint density at radius 2 is 1.78 bits per heavy atom. The number of nitrogens with one attached hydrogen (secondary N) is 1. The Hall–Kier alpha value is -3.32. The van der Waals surface area contributed by atoms with Crippen molar-refractivity contribution in [3.63, 3.8) is 0 Å². The molecule has 7 heteroatoms. The monoisotopic (exact) mass is 382 g/mol. The molecule has 4 rings (SSSR count). The van der Waals surface area contributed by atoms with Crippen LogP contribution in [0.4, 0.5) is 14.5 Å². The molecule has 134 valence electrons. The maximum atomic E-state index is 13.7. The number of halogens is 2. The SMILES string of the molecule is O=C(Nc1ccc(-c2csc(-c3cnco3)c2)cc1)c1c(F)cccc1F. The Balaban J connectivity index is 1.52. The van der Waals surface area contributed by atoms with Crippen molar-refractivity contribution in [3.8, 4) is 21.8 Å². The summed E-state index contributed by atoms with van der Waals surface area (Å²) in [6.45, 7) is 0. The maximum absolute atomic E-state index is 13.7. The highest BCUT2D eigenvalue weighted by Gasteiger charge is 2.17. The van der Waals surface area contributed by atoms with Crippen molar-refractivity contribution in [2.75, 3.05) is 5.32 Å². The van der Waals surface area contributed by atoms with Crippen LogP contribution in [0.3, 0.4) is 0 Å². The lowest BCUT2D eigenvalue weighted by Crippen LogP contribution is -2.15. The Kier molecular flexibility index (Phi) is 4.52. The van der Waals surface area contributed by atoms with Crippen molar-refractivity contribution in [2.24, 2.45) is 0 Å². The molecule has 0 atom stereocenters. The summed E-state index contributed by atoms with van der Waals surface area (Å²) in [6.07, 6.45) is 3.03. The minimum absolute atomic E-state index is 0.442. The number of carbonyl (C=O) groups excluding carboxylic acids is 1. The molecule has 4 aromatic rings. The van der Waals surface area contributed by atoms with E-state index < -0.39 is 23.1 Å². The van der Waals surface area contributed by atoms with Crippen molar-refractivity contribution in [1.29, 1.82) is 0 Å². The van der Waals surface area contributed by atoms with Gasteiger partial charge in [-0.25, -0.2) is 13.8 Å². The van der Waals surface area contributed by atoms with Crippen molar-refractivity contribution in [1.82, 2.24) is 4.98 Å². The molecule has 0 spiro atoms. The number of oxazole rings is 1. The topological polar surface area (TPSA) is 55.1 Å². The smallest absolute Gasteiger partial charge is 0.261 e. The van der Waals surface area contributed by atoms with Gasteiger partial charge < -0.3 is 9.73 Å². The molecule has 27 heavy (non-hydrogen) atoms. The highest BCUT2D eigenvalue weighted by Crippen LogP contribution is 2.32. The fourth-order valence-corrected chi connectivity index (χ4v) is 3.48. The molecule has 0 fully saturated rings. The zero-order valence-electron chi connectivity index (χ0n) is 13.8. The first-order valence-electron chi connectivity index (χ1n) is 7.95. The van der Waals surface area contributed by atoms with E-state index in [1.54, 1.807) is 18.3 Å². The molecule has 1 N–H and O–H groups in total. The van der Waals surface area contributed by atoms with Crippen LogP contribution in [0.2, 0.25) is 0 Å². The molecule has 2 aromatic heterocycles. The number of amides is 1. The lowest BCUT2D eigenvalue weighted by Gasteiger charge is -2.08. The number of carbonyl (C=O) groups is 1. The quantitative estimate of drug-likeness (QED) is 0.500. The molecule has 0 radical (unpaired) electrons. The third kappa shape index (κ3) is 3.50. The van der Waals surface area contributed by atoms with Crippen LogP contribution in [0.25, 0.3) is 21.8 Å².